The number of amides is 1. The Labute approximate surface area is 198 Å². The molecule has 34 heavy (non-hydrogen) atoms. The number of anilines is 1. The van der Waals surface area contributed by atoms with Crippen LogP contribution in [-0.4, -0.2) is 28.3 Å². The summed E-state index contributed by atoms with van der Waals surface area (Å²) < 4.78 is 47.0. The number of benzene rings is 3. The molecule has 4 aromatic rings. The summed E-state index contributed by atoms with van der Waals surface area (Å²) >= 11 is 1.14. The molecule has 0 saturated heterocycles. The van der Waals surface area contributed by atoms with Gasteiger partial charge >= 0.3 is 6.18 Å². The average Bonchev–Trinajstić information content (AvgIpc) is 3.27. The van der Waals surface area contributed by atoms with Crippen LogP contribution in [0.25, 0.3) is 16.9 Å². The molecule has 0 saturated carbocycles. The number of hydrogen-bond acceptors (Lipinski definition) is 4. The summed E-state index contributed by atoms with van der Waals surface area (Å²) in [4.78, 5) is 16.9. The van der Waals surface area contributed by atoms with Crippen molar-refractivity contribution >= 4 is 23.4 Å². The second-order valence-corrected chi connectivity index (χ2v) is 8.18. The lowest BCUT2D eigenvalue weighted by Crippen LogP contribution is -2.14. The number of alkyl halides is 3. The number of rotatable bonds is 7. The zero-order chi connectivity index (χ0) is 24.1. The summed E-state index contributed by atoms with van der Waals surface area (Å²) in [6.07, 6.45) is -2.90. The van der Waals surface area contributed by atoms with E-state index in [2.05, 4.69) is 10.3 Å². The fraction of sp³-hybridized carbons (Fsp3) is 0.120. The standard InChI is InChI=1S/C25H20F3N3O2S/c1-33-21-12-10-17(11-13-21)22-15-29-24(34-16-23(32)30-19-7-3-2-4-8-19)31(22)20-9-5-6-18(14-20)25(26,27)28/h2-15H,16H2,1H3,(H,30,32). The van der Waals surface area contributed by atoms with Crippen molar-refractivity contribution in [2.45, 2.75) is 11.3 Å². The van der Waals surface area contributed by atoms with Crippen LogP contribution in [0.4, 0.5) is 18.9 Å². The number of imidazole rings is 1. The van der Waals surface area contributed by atoms with Gasteiger partial charge in [-0.1, -0.05) is 36.0 Å². The maximum absolute atomic E-state index is 13.4. The number of nitrogens with one attached hydrogen (secondary N) is 1. The number of aromatic nitrogens is 2. The zero-order valence-electron chi connectivity index (χ0n) is 18.0. The molecule has 9 heteroatoms. The molecule has 5 nitrogen and oxygen atoms in total. The second-order valence-electron chi connectivity index (χ2n) is 7.24. The lowest BCUT2D eigenvalue weighted by molar-refractivity contribution is -0.137. The predicted molar refractivity (Wildman–Crippen MR) is 126 cm³/mol. The maximum Gasteiger partial charge on any atom is 0.416 e. The van der Waals surface area contributed by atoms with Crippen molar-refractivity contribution in [1.82, 2.24) is 9.55 Å². The molecule has 0 spiro atoms. The van der Waals surface area contributed by atoms with Crippen LogP contribution < -0.4 is 10.1 Å². The van der Waals surface area contributed by atoms with E-state index in [0.29, 0.717) is 28.0 Å². The topological polar surface area (TPSA) is 56.1 Å². The van der Waals surface area contributed by atoms with Crippen molar-refractivity contribution in [1.29, 1.82) is 0 Å². The molecular formula is C25H20F3N3O2S. The molecule has 3 aromatic carbocycles. The van der Waals surface area contributed by atoms with Gasteiger partial charge in [-0.3, -0.25) is 9.36 Å². The van der Waals surface area contributed by atoms with Gasteiger partial charge in [0.05, 0.1) is 30.3 Å². The molecule has 0 aliphatic heterocycles. The molecule has 1 N–H and O–H groups in total. The molecule has 0 atom stereocenters. The van der Waals surface area contributed by atoms with Crippen LogP contribution in [0.5, 0.6) is 5.75 Å². The molecule has 0 aliphatic carbocycles. The van der Waals surface area contributed by atoms with Gasteiger partial charge in [-0.2, -0.15) is 13.2 Å². The predicted octanol–water partition coefficient (Wildman–Crippen LogP) is 6.30. The van der Waals surface area contributed by atoms with Crippen LogP contribution in [0.15, 0.2) is 90.2 Å². The summed E-state index contributed by atoms with van der Waals surface area (Å²) in [7, 11) is 1.55. The third-order valence-corrected chi connectivity index (χ3v) is 5.89. The van der Waals surface area contributed by atoms with Crippen LogP contribution in [0.3, 0.4) is 0 Å². The van der Waals surface area contributed by atoms with Gasteiger partial charge in [-0.15, -0.1) is 0 Å². The van der Waals surface area contributed by atoms with Crippen LogP contribution in [0, 0.1) is 0 Å². The number of nitrogens with zero attached hydrogens (tertiary/aromatic N) is 2. The minimum atomic E-state index is -4.49. The van der Waals surface area contributed by atoms with Crippen molar-refractivity contribution in [2.24, 2.45) is 0 Å². The summed E-state index contributed by atoms with van der Waals surface area (Å²) in [5.74, 6) is 0.439. The van der Waals surface area contributed by atoms with Gasteiger partial charge in [0.25, 0.3) is 0 Å². The van der Waals surface area contributed by atoms with E-state index in [9.17, 15) is 18.0 Å². The first-order chi connectivity index (χ1) is 16.3. The Morgan fingerprint density at radius 3 is 2.44 bits per heavy atom. The Morgan fingerprint density at radius 1 is 1.03 bits per heavy atom. The van der Waals surface area contributed by atoms with E-state index >= 15 is 0 Å². The van der Waals surface area contributed by atoms with Gasteiger partial charge in [-0.05, 0) is 54.6 Å². The smallest absolute Gasteiger partial charge is 0.416 e. The number of thioether (sulfide) groups is 1. The number of methoxy groups -OCH3 is 1. The number of carbonyl (C=O) groups excluding carboxylic acids is 1. The Bertz CT molecular complexity index is 1270. The molecule has 1 amide bonds. The van der Waals surface area contributed by atoms with E-state index in [0.717, 1.165) is 29.5 Å². The highest BCUT2D eigenvalue weighted by Crippen LogP contribution is 2.34. The first kappa shape index (κ1) is 23.4. The molecule has 4 rings (SSSR count). The number of hydrogen-bond donors (Lipinski definition) is 1. The van der Waals surface area contributed by atoms with E-state index in [1.807, 2.05) is 18.2 Å². The summed E-state index contributed by atoms with van der Waals surface area (Å²) in [6, 6.07) is 21.2. The van der Waals surface area contributed by atoms with E-state index < -0.39 is 11.7 Å². The first-order valence-corrected chi connectivity index (χ1v) is 11.2. The number of carbonyl (C=O) groups is 1. The highest BCUT2D eigenvalue weighted by Gasteiger charge is 2.31. The molecular weight excluding hydrogens is 463 g/mol. The molecule has 0 unspecified atom stereocenters. The van der Waals surface area contributed by atoms with Gasteiger partial charge in [0.15, 0.2) is 5.16 Å². The molecule has 0 fully saturated rings. The van der Waals surface area contributed by atoms with E-state index in [4.69, 9.17) is 4.74 Å². The third kappa shape index (κ3) is 5.43. The molecule has 174 valence electrons. The zero-order valence-corrected chi connectivity index (χ0v) is 18.9. The molecule has 1 aromatic heterocycles. The lowest BCUT2D eigenvalue weighted by Gasteiger charge is -2.15. The van der Waals surface area contributed by atoms with Crippen LogP contribution in [-0.2, 0) is 11.0 Å². The van der Waals surface area contributed by atoms with Gasteiger partial charge in [0, 0.05) is 16.9 Å². The molecule has 0 radical (unpaired) electrons. The van der Waals surface area contributed by atoms with E-state index in [-0.39, 0.29) is 11.7 Å². The van der Waals surface area contributed by atoms with Crippen molar-refractivity contribution in [2.75, 3.05) is 18.2 Å². The fourth-order valence-electron chi connectivity index (χ4n) is 3.32. The largest absolute Gasteiger partial charge is 0.497 e. The Morgan fingerprint density at radius 2 is 1.76 bits per heavy atom. The van der Waals surface area contributed by atoms with Crippen molar-refractivity contribution in [3.63, 3.8) is 0 Å². The van der Waals surface area contributed by atoms with Crippen LogP contribution >= 0.6 is 11.8 Å². The second kappa shape index (κ2) is 10.0. The molecule has 0 aliphatic rings. The summed E-state index contributed by atoms with van der Waals surface area (Å²) in [5, 5.41) is 3.19. The highest BCUT2D eigenvalue weighted by molar-refractivity contribution is 7.99. The van der Waals surface area contributed by atoms with Crippen molar-refractivity contribution < 1.29 is 22.7 Å². The Kier molecular flexibility index (Phi) is 6.93. The maximum atomic E-state index is 13.4. The van der Waals surface area contributed by atoms with Crippen LogP contribution in [0.2, 0.25) is 0 Å². The van der Waals surface area contributed by atoms with Crippen LogP contribution in [0.1, 0.15) is 5.56 Å². The SMILES string of the molecule is COc1ccc(-c2cnc(SCC(=O)Nc3ccccc3)n2-c2cccc(C(F)(F)F)c2)cc1. The van der Waals surface area contributed by atoms with Gasteiger partial charge in [0.1, 0.15) is 5.75 Å². The highest BCUT2D eigenvalue weighted by atomic mass is 32.2. The van der Waals surface area contributed by atoms with Gasteiger partial charge in [-0.25, -0.2) is 4.98 Å². The lowest BCUT2D eigenvalue weighted by atomic mass is 10.1. The monoisotopic (exact) mass is 483 g/mol. The Balaban J connectivity index is 1.68. The van der Waals surface area contributed by atoms with E-state index in [1.54, 1.807) is 60.3 Å². The normalized spacial score (nSPS) is 11.3. The van der Waals surface area contributed by atoms with E-state index in [1.165, 1.54) is 6.07 Å². The van der Waals surface area contributed by atoms with Crippen molar-refractivity contribution in [3.05, 3.63) is 90.6 Å². The number of ether oxygens (including phenoxy) is 1. The minimum absolute atomic E-state index is 0.0346. The van der Waals surface area contributed by atoms with Crippen molar-refractivity contribution in [3.8, 4) is 22.7 Å². The summed E-state index contributed by atoms with van der Waals surface area (Å²) in [5.41, 5.74) is 1.52. The molecule has 1 heterocycles. The summed E-state index contributed by atoms with van der Waals surface area (Å²) in [6.45, 7) is 0. The first-order valence-electron chi connectivity index (χ1n) is 10.2. The van der Waals surface area contributed by atoms with Gasteiger partial charge < -0.3 is 10.1 Å². The number of para-hydroxylation sites is 1. The number of halogens is 3. The quantitative estimate of drug-likeness (QED) is 0.314. The van der Waals surface area contributed by atoms with Gasteiger partial charge in [0.2, 0.25) is 5.91 Å². The molecule has 0 bridgehead atoms. The minimum Gasteiger partial charge on any atom is -0.497 e. The Hall–Kier alpha value is -3.72. The fourth-order valence-corrected chi connectivity index (χ4v) is 4.11. The third-order valence-electron chi connectivity index (χ3n) is 4.94. The average molecular weight is 484 g/mol.